The third-order valence-corrected chi connectivity index (χ3v) is 5.71. The van der Waals surface area contributed by atoms with E-state index in [1.54, 1.807) is 6.07 Å². The van der Waals surface area contributed by atoms with Crippen LogP contribution in [0.1, 0.15) is 12.0 Å². The van der Waals surface area contributed by atoms with E-state index in [1.807, 2.05) is 41.3 Å². The highest BCUT2D eigenvalue weighted by molar-refractivity contribution is 6.30. The molecule has 0 aromatic heterocycles. The average Bonchev–Trinajstić information content (AvgIpc) is 2.98. The number of benzene rings is 2. The van der Waals surface area contributed by atoms with Crippen LogP contribution in [-0.4, -0.2) is 43.7 Å². The quantitative estimate of drug-likeness (QED) is 0.803. The van der Waals surface area contributed by atoms with E-state index in [0.717, 1.165) is 30.8 Å². The van der Waals surface area contributed by atoms with Gasteiger partial charge in [0, 0.05) is 30.7 Å². The first-order valence-electron chi connectivity index (χ1n) is 9.14. The normalized spacial score (nSPS) is 23.8. The van der Waals surface area contributed by atoms with E-state index in [9.17, 15) is 9.18 Å². The molecule has 4 nitrogen and oxygen atoms in total. The first-order valence-corrected chi connectivity index (χ1v) is 9.52. The average molecular weight is 389 g/mol. The molecule has 142 valence electrons. The van der Waals surface area contributed by atoms with Crippen molar-refractivity contribution in [1.29, 1.82) is 0 Å². The van der Waals surface area contributed by atoms with Gasteiger partial charge in [-0.15, -0.1) is 0 Å². The number of rotatable bonds is 3. The Hall–Kier alpha value is -1.95. The molecule has 2 aromatic carbocycles. The third kappa shape index (κ3) is 4.00. The number of halogens is 2. The molecule has 6 heteroatoms. The SMILES string of the molecule is O=C1COCC2(CCN(Cc3ccc(Cl)c(F)c3)C2)CN1c1ccccc1. The molecule has 2 aromatic rings. The second kappa shape index (κ2) is 7.58. The highest BCUT2D eigenvalue weighted by atomic mass is 35.5. The maximum absolute atomic E-state index is 13.7. The molecule has 2 heterocycles. The lowest BCUT2D eigenvalue weighted by Gasteiger charge is -2.32. The summed E-state index contributed by atoms with van der Waals surface area (Å²) < 4.78 is 19.5. The summed E-state index contributed by atoms with van der Waals surface area (Å²) in [5.74, 6) is -0.391. The topological polar surface area (TPSA) is 32.8 Å². The minimum Gasteiger partial charge on any atom is -0.371 e. The molecule has 0 radical (unpaired) electrons. The van der Waals surface area contributed by atoms with Gasteiger partial charge in [0.25, 0.3) is 5.91 Å². The van der Waals surface area contributed by atoms with Crippen LogP contribution in [0.2, 0.25) is 5.02 Å². The van der Waals surface area contributed by atoms with Gasteiger partial charge in [-0.25, -0.2) is 4.39 Å². The number of hydrogen-bond donors (Lipinski definition) is 0. The van der Waals surface area contributed by atoms with E-state index in [1.165, 1.54) is 6.07 Å². The zero-order chi connectivity index (χ0) is 18.9. The molecule has 4 rings (SSSR count). The van der Waals surface area contributed by atoms with E-state index in [2.05, 4.69) is 4.90 Å². The van der Waals surface area contributed by atoms with Crippen molar-refractivity contribution in [2.75, 3.05) is 37.7 Å². The summed E-state index contributed by atoms with van der Waals surface area (Å²) in [5, 5.41) is 0.144. The van der Waals surface area contributed by atoms with Gasteiger partial charge in [-0.05, 0) is 42.8 Å². The lowest BCUT2D eigenvalue weighted by Crippen LogP contribution is -2.42. The molecule has 2 aliphatic rings. The molecule has 0 N–H and O–H groups in total. The number of ether oxygens (including phenoxy) is 1. The smallest absolute Gasteiger partial charge is 0.252 e. The van der Waals surface area contributed by atoms with Crippen LogP contribution in [0, 0.1) is 11.2 Å². The van der Waals surface area contributed by atoms with E-state index >= 15 is 0 Å². The Bertz CT molecular complexity index is 832. The Labute approximate surface area is 163 Å². The first-order chi connectivity index (χ1) is 13.0. The number of likely N-dealkylation sites (tertiary alicyclic amines) is 1. The van der Waals surface area contributed by atoms with Crippen molar-refractivity contribution in [2.45, 2.75) is 13.0 Å². The third-order valence-electron chi connectivity index (χ3n) is 5.40. The molecule has 1 amide bonds. The Balaban J connectivity index is 1.49. The minimum absolute atomic E-state index is 0.00343. The van der Waals surface area contributed by atoms with Gasteiger partial charge in [0.2, 0.25) is 0 Å². The molecule has 27 heavy (non-hydrogen) atoms. The molecule has 1 atom stereocenters. The van der Waals surface area contributed by atoms with Gasteiger partial charge in [-0.2, -0.15) is 0 Å². The van der Waals surface area contributed by atoms with Crippen molar-refractivity contribution < 1.29 is 13.9 Å². The van der Waals surface area contributed by atoms with Crippen LogP contribution in [-0.2, 0) is 16.1 Å². The molecule has 0 saturated carbocycles. The highest BCUT2D eigenvalue weighted by Crippen LogP contribution is 2.36. The Morgan fingerprint density at radius 1 is 1.15 bits per heavy atom. The highest BCUT2D eigenvalue weighted by Gasteiger charge is 2.43. The van der Waals surface area contributed by atoms with Crippen LogP contribution in [0.5, 0.6) is 0 Å². The van der Waals surface area contributed by atoms with Crippen molar-refractivity contribution in [3.63, 3.8) is 0 Å². The van der Waals surface area contributed by atoms with E-state index < -0.39 is 0 Å². The summed E-state index contributed by atoms with van der Waals surface area (Å²) in [6.45, 7) is 3.68. The molecule has 1 spiro atoms. The van der Waals surface area contributed by atoms with Gasteiger partial charge >= 0.3 is 0 Å². The Morgan fingerprint density at radius 3 is 2.74 bits per heavy atom. The number of nitrogens with zero attached hydrogens (tertiary/aromatic N) is 2. The zero-order valence-corrected chi connectivity index (χ0v) is 15.8. The number of hydrogen-bond acceptors (Lipinski definition) is 3. The van der Waals surface area contributed by atoms with Crippen molar-refractivity contribution in [3.05, 3.63) is 64.9 Å². The van der Waals surface area contributed by atoms with Crippen molar-refractivity contribution in [1.82, 2.24) is 4.90 Å². The van der Waals surface area contributed by atoms with Crippen molar-refractivity contribution in [2.24, 2.45) is 5.41 Å². The number of amides is 1. The summed E-state index contributed by atoms with van der Waals surface area (Å²) in [7, 11) is 0. The summed E-state index contributed by atoms with van der Waals surface area (Å²) in [6.07, 6.45) is 0.944. The van der Waals surface area contributed by atoms with Gasteiger partial charge in [-0.1, -0.05) is 35.9 Å². The summed E-state index contributed by atoms with van der Waals surface area (Å²) in [5.41, 5.74) is 1.71. The van der Waals surface area contributed by atoms with E-state index in [4.69, 9.17) is 16.3 Å². The second-order valence-corrected chi connectivity index (χ2v) is 7.92. The van der Waals surface area contributed by atoms with Gasteiger partial charge in [0.1, 0.15) is 12.4 Å². The Morgan fingerprint density at radius 2 is 1.96 bits per heavy atom. The van der Waals surface area contributed by atoms with E-state index in [0.29, 0.717) is 19.7 Å². The van der Waals surface area contributed by atoms with Crippen LogP contribution in [0.15, 0.2) is 48.5 Å². The van der Waals surface area contributed by atoms with Gasteiger partial charge in [0.05, 0.1) is 11.6 Å². The van der Waals surface area contributed by atoms with Crippen LogP contribution in [0.4, 0.5) is 10.1 Å². The molecule has 2 saturated heterocycles. The van der Waals surface area contributed by atoms with Gasteiger partial charge in [-0.3, -0.25) is 9.69 Å². The van der Waals surface area contributed by atoms with E-state index in [-0.39, 0.29) is 28.8 Å². The molecule has 2 aliphatic heterocycles. The number of carbonyl (C=O) groups is 1. The summed E-state index contributed by atoms with van der Waals surface area (Å²) in [6, 6.07) is 14.7. The monoisotopic (exact) mass is 388 g/mol. The fraction of sp³-hybridized carbons (Fsp3) is 0.381. The predicted octanol–water partition coefficient (Wildman–Crippen LogP) is 3.73. The maximum atomic E-state index is 13.7. The minimum atomic E-state index is -0.387. The molecule has 1 unspecified atom stereocenters. The molecular weight excluding hydrogens is 367 g/mol. The zero-order valence-electron chi connectivity index (χ0n) is 15.0. The van der Waals surface area contributed by atoms with Crippen LogP contribution < -0.4 is 4.90 Å². The van der Waals surface area contributed by atoms with Crippen LogP contribution in [0.3, 0.4) is 0 Å². The molecule has 2 fully saturated rings. The fourth-order valence-corrected chi connectivity index (χ4v) is 4.17. The molecule has 0 aliphatic carbocycles. The van der Waals surface area contributed by atoms with Crippen molar-refractivity contribution >= 4 is 23.2 Å². The van der Waals surface area contributed by atoms with Crippen molar-refractivity contribution in [3.8, 4) is 0 Å². The van der Waals surface area contributed by atoms with Gasteiger partial charge < -0.3 is 9.64 Å². The maximum Gasteiger partial charge on any atom is 0.252 e. The van der Waals surface area contributed by atoms with Gasteiger partial charge in [0.15, 0.2) is 0 Å². The fourth-order valence-electron chi connectivity index (χ4n) is 4.05. The van der Waals surface area contributed by atoms with Crippen LogP contribution >= 0.6 is 11.6 Å². The lowest BCUT2D eigenvalue weighted by atomic mass is 9.87. The number of para-hydroxylation sites is 1. The van der Waals surface area contributed by atoms with Crippen LogP contribution in [0.25, 0.3) is 0 Å². The number of carbonyl (C=O) groups excluding carboxylic acids is 1. The summed E-state index contributed by atoms with van der Waals surface area (Å²) >= 11 is 5.78. The molecule has 0 bridgehead atoms. The number of anilines is 1. The second-order valence-electron chi connectivity index (χ2n) is 7.52. The largest absolute Gasteiger partial charge is 0.371 e. The summed E-state index contributed by atoms with van der Waals surface area (Å²) in [4.78, 5) is 16.7. The Kier molecular flexibility index (Phi) is 5.17. The standard InChI is InChI=1S/C21H22ClFN2O2/c22-18-7-6-16(10-19(18)23)11-24-9-8-21(13-24)14-25(20(26)12-27-15-21)17-4-2-1-3-5-17/h1-7,10H,8-9,11-15H2. The lowest BCUT2D eigenvalue weighted by molar-refractivity contribution is -0.122. The first kappa shape index (κ1) is 18.4. The predicted molar refractivity (Wildman–Crippen MR) is 103 cm³/mol. The molecular formula is C21H22ClFN2O2.